The van der Waals surface area contributed by atoms with Gasteiger partial charge in [0.15, 0.2) is 0 Å². The summed E-state index contributed by atoms with van der Waals surface area (Å²) in [5.74, 6) is 0.727. The molecule has 2 heteroatoms. The summed E-state index contributed by atoms with van der Waals surface area (Å²) in [7, 11) is 0. The summed E-state index contributed by atoms with van der Waals surface area (Å²) < 4.78 is 0. The summed E-state index contributed by atoms with van der Waals surface area (Å²) in [6.45, 7) is 10.3. The molecule has 1 fully saturated rings. The molecule has 0 spiro atoms. The largest absolute Gasteiger partial charge is 0.314 e. The fourth-order valence-corrected chi connectivity index (χ4v) is 3.39. The third-order valence-electron chi connectivity index (χ3n) is 4.46. The van der Waals surface area contributed by atoms with Crippen LogP contribution in [0.2, 0.25) is 0 Å². The van der Waals surface area contributed by atoms with E-state index in [2.05, 4.69) is 62.6 Å². The summed E-state index contributed by atoms with van der Waals surface area (Å²) in [6.07, 6.45) is 5.08. The molecule has 1 aromatic rings. The predicted molar refractivity (Wildman–Crippen MR) is 91.6 cm³/mol. The van der Waals surface area contributed by atoms with Gasteiger partial charge in [0.1, 0.15) is 0 Å². The first kappa shape index (κ1) is 16.5. The number of hydrogen-bond donors (Lipinski definition) is 2. The van der Waals surface area contributed by atoms with E-state index in [9.17, 15) is 0 Å². The highest BCUT2D eigenvalue weighted by Gasteiger charge is 2.18. The van der Waals surface area contributed by atoms with E-state index in [0.29, 0.717) is 18.1 Å². The zero-order valence-corrected chi connectivity index (χ0v) is 14.2. The molecule has 118 valence electrons. The zero-order chi connectivity index (χ0) is 15.2. The molecule has 0 saturated carbocycles. The van der Waals surface area contributed by atoms with E-state index >= 15 is 0 Å². The molecule has 0 aliphatic carbocycles. The summed E-state index contributed by atoms with van der Waals surface area (Å²) in [5.41, 5.74) is 2.85. The average molecular weight is 288 g/mol. The van der Waals surface area contributed by atoms with Crippen LogP contribution in [-0.4, -0.2) is 18.6 Å². The van der Waals surface area contributed by atoms with Gasteiger partial charge in [0, 0.05) is 18.1 Å². The molecule has 0 amide bonds. The average Bonchev–Trinajstić information content (AvgIpc) is 2.91. The summed E-state index contributed by atoms with van der Waals surface area (Å²) >= 11 is 0. The van der Waals surface area contributed by atoms with Gasteiger partial charge in [-0.15, -0.1) is 0 Å². The van der Waals surface area contributed by atoms with Crippen LogP contribution in [0.4, 0.5) is 0 Å². The van der Waals surface area contributed by atoms with Gasteiger partial charge in [0.25, 0.3) is 0 Å². The minimum absolute atomic E-state index is 0.425. The molecule has 1 aromatic carbocycles. The number of hydrogen-bond acceptors (Lipinski definition) is 2. The van der Waals surface area contributed by atoms with E-state index < -0.39 is 0 Å². The van der Waals surface area contributed by atoms with Crippen LogP contribution in [0.3, 0.4) is 0 Å². The molecule has 0 radical (unpaired) electrons. The highest BCUT2D eigenvalue weighted by Crippen LogP contribution is 2.18. The van der Waals surface area contributed by atoms with Crippen LogP contribution in [0.1, 0.15) is 64.1 Å². The van der Waals surface area contributed by atoms with Gasteiger partial charge in [0.2, 0.25) is 0 Å². The van der Waals surface area contributed by atoms with Gasteiger partial charge in [-0.3, -0.25) is 0 Å². The maximum atomic E-state index is 3.74. The Balaban J connectivity index is 1.82. The van der Waals surface area contributed by atoms with Gasteiger partial charge < -0.3 is 10.6 Å². The maximum absolute atomic E-state index is 3.74. The predicted octanol–water partition coefficient (Wildman–Crippen LogP) is 4.07. The molecule has 21 heavy (non-hydrogen) atoms. The Morgan fingerprint density at radius 2 is 1.86 bits per heavy atom. The van der Waals surface area contributed by atoms with Crippen LogP contribution in [0, 0.1) is 5.92 Å². The molecule has 3 unspecified atom stereocenters. The van der Waals surface area contributed by atoms with Gasteiger partial charge in [-0.05, 0) is 63.1 Å². The minimum atomic E-state index is 0.425. The third kappa shape index (κ3) is 5.44. The van der Waals surface area contributed by atoms with Crippen molar-refractivity contribution in [2.24, 2.45) is 5.92 Å². The second kappa shape index (κ2) is 7.95. The van der Waals surface area contributed by atoms with Crippen LogP contribution < -0.4 is 10.6 Å². The standard InChI is InChI=1S/C19H32N2/c1-14(2)12-17-7-9-18(10-8-17)16(4)21-15(3)13-19-6-5-11-20-19/h7-10,14-16,19-21H,5-6,11-13H2,1-4H3. The van der Waals surface area contributed by atoms with Gasteiger partial charge in [-0.25, -0.2) is 0 Å². The summed E-state index contributed by atoms with van der Waals surface area (Å²) in [4.78, 5) is 0. The second-order valence-corrected chi connectivity index (χ2v) is 7.16. The lowest BCUT2D eigenvalue weighted by molar-refractivity contribution is 0.407. The number of rotatable bonds is 7. The Bertz CT molecular complexity index is 404. The molecule has 2 N–H and O–H groups in total. The number of benzene rings is 1. The van der Waals surface area contributed by atoms with E-state index in [0.717, 1.165) is 5.92 Å². The topological polar surface area (TPSA) is 24.1 Å². The first-order valence-corrected chi connectivity index (χ1v) is 8.63. The Hall–Kier alpha value is -0.860. The van der Waals surface area contributed by atoms with E-state index in [1.54, 1.807) is 0 Å². The van der Waals surface area contributed by atoms with Crippen molar-refractivity contribution in [2.75, 3.05) is 6.54 Å². The van der Waals surface area contributed by atoms with E-state index in [1.165, 1.54) is 43.4 Å². The van der Waals surface area contributed by atoms with Crippen molar-refractivity contribution in [3.63, 3.8) is 0 Å². The van der Waals surface area contributed by atoms with Crippen LogP contribution in [0.15, 0.2) is 24.3 Å². The Morgan fingerprint density at radius 1 is 1.14 bits per heavy atom. The molecule has 1 saturated heterocycles. The van der Waals surface area contributed by atoms with E-state index in [4.69, 9.17) is 0 Å². The molecular weight excluding hydrogens is 256 g/mol. The minimum Gasteiger partial charge on any atom is -0.314 e. The fraction of sp³-hybridized carbons (Fsp3) is 0.684. The smallest absolute Gasteiger partial charge is 0.0294 e. The van der Waals surface area contributed by atoms with E-state index in [-0.39, 0.29) is 0 Å². The van der Waals surface area contributed by atoms with Crippen LogP contribution in [0.25, 0.3) is 0 Å². The molecule has 1 aliphatic heterocycles. The third-order valence-corrected chi connectivity index (χ3v) is 4.46. The molecular formula is C19H32N2. The lowest BCUT2D eigenvalue weighted by Crippen LogP contribution is -2.35. The molecule has 0 aromatic heterocycles. The van der Waals surface area contributed by atoms with Crippen molar-refractivity contribution in [3.8, 4) is 0 Å². The van der Waals surface area contributed by atoms with E-state index in [1.807, 2.05) is 0 Å². The quantitative estimate of drug-likeness (QED) is 0.790. The van der Waals surface area contributed by atoms with Crippen LogP contribution in [-0.2, 0) is 6.42 Å². The summed E-state index contributed by atoms with van der Waals surface area (Å²) in [6, 6.07) is 10.9. The Labute approximate surface area is 130 Å². The molecule has 2 rings (SSSR count). The molecule has 1 aliphatic rings. The first-order chi connectivity index (χ1) is 10.0. The van der Waals surface area contributed by atoms with Crippen molar-refractivity contribution < 1.29 is 0 Å². The van der Waals surface area contributed by atoms with Crippen molar-refractivity contribution in [1.82, 2.24) is 10.6 Å². The van der Waals surface area contributed by atoms with Gasteiger partial charge >= 0.3 is 0 Å². The monoisotopic (exact) mass is 288 g/mol. The molecule has 3 atom stereocenters. The van der Waals surface area contributed by atoms with Crippen molar-refractivity contribution >= 4 is 0 Å². The molecule has 0 bridgehead atoms. The lowest BCUT2D eigenvalue weighted by atomic mass is 9.99. The summed E-state index contributed by atoms with van der Waals surface area (Å²) in [5, 5.41) is 7.33. The SMILES string of the molecule is CC(C)Cc1ccc(C(C)NC(C)CC2CCCN2)cc1. The highest BCUT2D eigenvalue weighted by molar-refractivity contribution is 5.25. The Morgan fingerprint density at radius 3 is 2.43 bits per heavy atom. The van der Waals surface area contributed by atoms with Crippen LogP contribution >= 0.6 is 0 Å². The zero-order valence-electron chi connectivity index (χ0n) is 14.2. The maximum Gasteiger partial charge on any atom is 0.0294 e. The number of nitrogens with one attached hydrogen (secondary N) is 2. The van der Waals surface area contributed by atoms with Gasteiger partial charge in [-0.2, -0.15) is 0 Å². The lowest BCUT2D eigenvalue weighted by Gasteiger charge is -2.23. The molecule has 2 nitrogen and oxygen atoms in total. The first-order valence-electron chi connectivity index (χ1n) is 8.63. The van der Waals surface area contributed by atoms with Gasteiger partial charge in [-0.1, -0.05) is 38.1 Å². The highest BCUT2D eigenvalue weighted by atomic mass is 15.0. The van der Waals surface area contributed by atoms with Crippen molar-refractivity contribution in [3.05, 3.63) is 35.4 Å². The van der Waals surface area contributed by atoms with Crippen molar-refractivity contribution in [1.29, 1.82) is 0 Å². The normalized spacial score (nSPS) is 21.7. The Kier molecular flexibility index (Phi) is 6.25. The van der Waals surface area contributed by atoms with Crippen LogP contribution in [0.5, 0.6) is 0 Å². The van der Waals surface area contributed by atoms with Gasteiger partial charge in [0.05, 0.1) is 0 Å². The fourth-order valence-electron chi connectivity index (χ4n) is 3.39. The second-order valence-electron chi connectivity index (χ2n) is 7.16. The van der Waals surface area contributed by atoms with Crippen molar-refractivity contribution in [2.45, 2.75) is 71.5 Å². The molecule has 1 heterocycles.